The molecule has 3 nitrogen and oxygen atoms in total. The monoisotopic (exact) mass is 327 g/mol. The molecule has 1 aromatic rings. The first-order valence-corrected chi connectivity index (χ1v) is 7.08. The molecule has 1 amide bonds. The van der Waals surface area contributed by atoms with Crippen molar-refractivity contribution in [3.63, 3.8) is 0 Å². The van der Waals surface area contributed by atoms with Gasteiger partial charge in [-0.05, 0) is 43.9 Å². The van der Waals surface area contributed by atoms with E-state index in [9.17, 15) is 4.79 Å². The van der Waals surface area contributed by atoms with Crippen LogP contribution in [-0.4, -0.2) is 11.7 Å². The Bertz CT molecular complexity index is 470. The van der Waals surface area contributed by atoms with Gasteiger partial charge in [0.1, 0.15) is 5.60 Å². The number of hydrogen-bond acceptors (Lipinski definition) is 2. The summed E-state index contributed by atoms with van der Waals surface area (Å²) in [5.74, 6) is 0. The van der Waals surface area contributed by atoms with Crippen molar-refractivity contribution < 1.29 is 9.53 Å². The molecule has 1 rings (SSSR count). The quantitative estimate of drug-likeness (QED) is 0.779. The van der Waals surface area contributed by atoms with E-state index in [1.165, 1.54) is 0 Å². The minimum Gasteiger partial charge on any atom is -0.444 e. The van der Waals surface area contributed by atoms with Crippen LogP contribution in [0.3, 0.4) is 0 Å². The number of hydrogen-bond donors (Lipinski definition) is 1. The molecule has 0 heterocycles. The number of halogens is 1. The number of rotatable bonds is 1. The zero-order valence-electron chi connectivity index (χ0n) is 12.4. The van der Waals surface area contributed by atoms with Crippen LogP contribution in [0.25, 0.3) is 0 Å². The van der Waals surface area contributed by atoms with E-state index in [1.54, 1.807) is 0 Å². The van der Waals surface area contributed by atoms with Crippen LogP contribution < -0.4 is 5.32 Å². The Morgan fingerprint density at radius 3 is 2.21 bits per heavy atom. The molecule has 1 N–H and O–H groups in total. The summed E-state index contributed by atoms with van der Waals surface area (Å²) in [5.41, 5.74) is 1.29. The number of ether oxygens (including phenoxy) is 1. The van der Waals surface area contributed by atoms with Crippen molar-refractivity contribution in [2.45, 2.75) is 52.6 Å². The van der Waals surface area contributed by atoms with Crippen LogP contribution in [0.5, 0.6) is 0 Å². The molecule has 0 unspecified atom stereocenters. The van der Waals surface area contributed by atoms with Gasteiger partial charge in [0.25, 0.3) is 0 Å². The van der Waals surface area contributed by atoms with Crippen LogP contribution >= 0.6 is 15.9 Å². The molecule has 0 aromatic heterocycles. The fraction of sp³-hybridized carbons (Fsp3) is 0.533. The molecule has 19 heavy (non-hydrogen) atoms. The summed E-state index contributed by atoms with van der Waals surface area (Å²) in [6.07, 6.45) is -0.434. The van der Waals surface area contributed by atoms with Crippen LogP contribution in [0, 0.1) is 0 Å². The van der Waals surface area contributed by atoms with Crippen molar-refractivity contribution in [1.29, 1.82) is 0 Å². The highest BCUT2D eigenvalue weighted by atomic mass is 79.9. The van der Waals surface area contributed by atoms with Gasteiger partial charge in [0, 0.05) is 10.2 Å². The van der Waals surface area contributed by atoms with Crippen molar-refractivity contribution in [3.05, 3.63) is 28.2 Å². The molecule has 0 bridgehead atoms. The highest BCUT2D eigenvalue weighted by Crippen LogP contribution is 2.32. The number of amides is 1. The van der Waals surface area contributed by atoms with Crippen molar-refractivity contribution >= 4 is 27.7 Å². The molecule has 0 saturated heterocycles. The first-order valence-electron chi connectivity index (χ1n) is 6.29. The van der Waals surface area contributed by atoms with E-state index in [2.05, 4.69) is 42.0 Å². The summed E-state index contributed by atoms with van der Waals surface area (Å²) in [6, 6.07) is 5.88. The van der Waals surface area contributed by atoms with Gasteiger partial charge in [-0.25, -0.2) is 4.79 Å². The van der Waals surface area contributed by atoms with Crippen LogP contribution in [0.15, 0.2) is 22.7 Å². The Hall–Kier alpha value is -1.03. The fourth-order valence-electron chi connectivity index (χ4n) is 1.69. The number of anilines is 1. The number of nitrogens with one attached hydrogen (secondary N) is 1. The Kier molecular flexibility index (Phi) is 4.67. The van der Waals surface area contributed by atoms with E-state index in [-0.39, 0.29) is 5.41 Å². The Labute approximate surface area is 123 Å². The van der Waals surface area contributed by atoms with Crippen molar-refractivity contribution in [2.75, 3.05) is 5.32 Å². The Balaban J connectivity index is 3.00. The van der Waals surface area contributed by atoms with Gasteiger partial charge in [-0.15, -0.1) is 0 Å². The van der Waals surface area contributed by atoms with Crippen molar-refractivity contribution in [3.8, 4) is 0 Å². The number of carbonyl (C=O) groups is 1. The lowest BCUT2D eigenvalue weighted by molar-refractivity contribution is 0.0635. The fourth-order valence-corrected chi connectivity index (χ4v) is 2.05. The molecule has 0 radical (unpaired) electrons. The smallest absolute Gasteiger partial charge is 0.412 e. The van der Waals surface area contributed by atoms with Crippen molar-refractivity contribution in [2.24, 2.45) is 0 Å². The lowest BCUT2D eigenvalue weighted by Crippen LogP contribution is -2.28. The molecule has 0 spiro atoms. The Morgan fingerprint density at radius 1 is 1.16 bits per heavy atom. The van der Waals surface area contributed by atoms with Gasteiger partial charge in [-0.1, -0.05) is 42.8 Å². The third kappa shape index (κ3) is 5.23. The lowest BCUT2D eigenvalue weighted by atomic mass is 9.86. The Morgan fingerprint density at radius 2 is 1.74 bits per heavy atom. The van der Waals surface area contributed by atoms with E-state index in [4.69, 9.17) is 4.74 Å². The molecule has 0 aliphatic heterocycles. The molecule has 0 saturated carbocycles. The standard InChI is InChI=1S/C15H22BrNO2/c1-14(2,3)11-8-7-10(16)9-12(11)17-13(18)19-15(4,5)6/h7-9H,1-6H3,(H,17,18). The maximum atomic E-state index is 11.9. The van der Waals surface area contributed by atoms with E-state index >= 15 is 0 Å². The average Bonchev–Trinajstić information content (AvgIpc) is 2.11. The summed E-state index contributed by atoms with van der Waals surface area (Å²) in [6.45, 7) is 11.9. The minimum atomic E-state index is -0.502. The second-order valence-corrected chi connectivity index (χ2v) is 7.48. The zero-order valence-corrected chi connectivity index (χ0v) is 14.0. The largest absolute Gasteiger partial charge is 0.444 e. The summed E-state index contributed by atoms with van der Waals surface area (Å²) < 4.78 is 6.21. The maximum Gasteiger partial charge on any atom is 0.412 e. The summed E-state index contributed by atoms with van der Waals surface area (Å²) in [5, 5.41) is 2.82. The molecule has 0 aliphatic rings. The van der Waals surface area contributed by atoms with Crippen LogP contribution in [0.1, 0.15) is 47.1 Å². The average molecular weight is 328 g/mol. The summed E-state index contributed by atoms with van der Waals surface area (Å²) in [7, 11) is 0. The number of benzene rings is 1. The highest BCUT2D eigenvalue weighted by molar-refractivity contribution is 9.10. The third-order valence-corrected chi connectivity index (χ3v) is 2.92. The minimum absolute atomic E-state index is 0.0505. The molecule has 0 aliphatic carbocycles. The maximum absolute atomic E-state index is 11.9. The zero-order chi connectivity index (χ0) is 14.8. The SMILES string of the molecule is CC(C)(C)OC(=O)Nc1cc(Br)ccc1C(C)(C)C. The van der Waals surface area contributed by atoms with Gasteiger partial charge in [-0.2, -0.15) is 0 Å². The topological polar surface area (TPSA) is 38.3 Å². The molecule has 0 atom stereocenters. The van der Waals surface area contributed by atoms with Crippen LogP contribution in [-0.2, 0) is 10.2 Å². The first-order chi connectivity index (χ1) is 8.49. The van der Waals surface area contributed by atoms with Gasteiger partial charge in [0.05, 0.1) is 0 Å². The van der Waals surface area contributed by atoms with E-state index in [1.807, 2.05) is 39.0 Å². The van der Waals surface area contributed by atoms with E-state index in [0.717, 1.165) is 15.7 Å². The molecule has 1 aromatic carbocycles. The van der Waals surface area contributed by atoms with Gasteiger partial charge in [0.15, 0.2) is 0 Å². The molecule has 106 valence electrons. The highest BCUT2D eigenvalue weighted by Gasteiger charge is 2.21. The van der Waals surface area contributed by atoms with Crippen molar-refractivity contribution in [1.82, 2.24) is 0 Å². The number of carbonyl (C=O) groups excluding carboxylic acids is 1. The van der Waals surface area contributed by atoms with E-state index < -0.39 is 11.7 Å². The predicted molar refractivity (Wildman–Crippen MR) is 82.7 cm³/mol. The van der Waals surface area contributed by atoms with Crippen LogP contribution in [0.4, 0.5) is 10.5 Å². The van der Waals surface area contributed by atoms with Gasteiger partial charge < -0.3 is 4.74 Å². The van der Waals surface area contributed by atoms with Gasteiger partial charge >= 0.3 is 6.09 Å². The second kappa shape index (κ2) is 5.53. The van der Waals surface area contributed by atoms with Gasteiger partial charge in [0.2, 0.25) is 0 Å². The summed E-state index contributed by atoms with van der Waals surface area (Å²) >= 11 is 3.42. The molecule has 4 heteroatoms. The molecular weight excluding hydrogens is 306 g/mol. The summed E-state index contributed by atoms with van der Waals surface area (Å²) in [4.78, 5) is 11.9. The second-order valence-electron chi connectivity index (χ2n) is 6.57. The normalized spacial score (nSPS) is 12.2. The van der Waals surface area contributed by atoms with Crippen LogP contribution in [0.2, 0.25) is 0 Å². The molecule has 0 fully saturated rings. The van der Waals surface area contributed by atoms with Gasteiger partial charge in [-0.3, -0.25) is 5.32 Å². The predicted octanol–water partition coefficient (Wildman–Crippen LogP) is 5.09. The van der Waals surface area contributed by atoms with E-state index in [0.29, 0.717) is 0 Å². The lowest BCUT2D eigenvalue weighted by Gasteiger charge is -2.25. The third-order valence-electron chi connectivity index (χ3n) is 2.43. The molecular formula is C15H22BrNO2. The first kappa shape index (κ1) is 16.0.